The monoisotopic (exact) mass is 403 g/mol. The molecule has 1 amide bonds. The van der Waals surface area contributed by atoms with Crippen LogP contribution in [0.5, 0.6) is 11.5 Å². The Balaban J connectivity index is 1.69. The molecule has 28 heavy (non-hydrogen) atoms. The van der Waals surface area contributed by atoms with Crippen molar-refractivity contribution in [2.45, 2.75) is 39.2 Å². The first-order valence-corrected chi connectivity index (χ1v) is 9.94. The Morgan fingerprint density at radius 1 is 1.46 bits per heavy atom. The average molecular weight is 404 g/mol. The number of ether oxygens (including phenoxy) is 2. The number of anilines is 1. The minimum absolute atomic E-state index is 0.230. The molecule has 0 aliphatic heterocycles. The smallest absolute Gasteiger partial charge is 0.249 e. The number of benzene rings is 1. The molecule has 0 radical (unpaired) electrons. The summed E-state index contributed by atoms with van der Waals surface area (Å²) in [6, 6.07) is 5.64. The van der Waals surface area contributed by atoms with Gasteiger partial charge in [0, 0.05) is 12.1 Å². The number of rotatable bonds is 9. The van der Waals surface area contributed by atoms with Crippen LogP contribution in [0.15, 0.2) is 30.5 Å². The lowest BCUT2D eigenvalue weighted by molar-refractivity contribution is -0.111. The third-order valence-corrected chi connectivity index (χ3v) is 5.02. The largest absolute Gasteiger partial charge is 0.493 e. The van der Waals surface area contributed by atoms with Crippen molar-refractivity contribution in [3.8, 4) is 11.5 Å². The molecular formula is C21H26ClN3O3. The molecule has 0 bridgehead atoms. The summed E-state index contributed by atoms with van der Waals surface area (Å²) in [5.41, 5.74) is 0.751. The Morgan fingerprint density at radius 2 is 2.25 bits per heavy atom. The number of halogens is 1. The van der Waals surface area contributed by atoms with E-state index in [1.54, 1.807) is 31.5 Å². The standard InChI is InChI=1S/C21H26ClN3O3/c1-4-11-28-21-17(22)12-15(13-18(21)27-3)5-8-20(26)24-19-9-10-23-25(19)14(2)16-6-7-16/h5,8-10,12-14,16H,4,6-7,11H2,1-3H3,(H,24,26)/b8-5+. The fraction of sp³-hybridized carbons (Fsp3) is 0.429. The molecule has 1 aliphatic rings. The van der Waals surface area contributed by atoms with Gasteiger partial charge in [0.05, 0.1) is 31.0 Å². The van der Waals surface area contributed by atoms with Gasteiger partial charge in [0.25, 0.3) is 0 Å². The highest BCUT2D eigenvalue weighted by Crippen LogP contribution is 2.40. The number of hydrogen-bond donors (Lipinski definition) is 1. The van der Waals surface area contributed by atoms with Crippen LogP contribution < -0.4 is 14.8 Å². The molecule has 1 aromatic heterocycles. The van der Waals surface area contributed by atoms with Crippen LogP contribution in [0.2, 0.25) is 5.02 Å². The van der Waals surface area contributed by atoms with Crippen molar-refractivity contribution in [3.05, 3.63) is 41.1 Å². The van der Waals surface area contributed by atoms with Crippen LogP contribution in [0.4, 0.5) is 5.82 Å². The molecule has 1 heterocycles. The number of carbonyl (C=O) groups is 1. The molecule has 7 heteroatoms. The highest BCUT2D eigenvalue weighted by Gasteiger charge is 2.30. The van der Waals surface area contributed by atoms with Crippen LogP contribution in [-0.4, -0.2) is 29.4 Å². The quantitative estimate of drug-likeness (QED) is 0.601. The first-order chi connectivity index (χ1) is 13.5. The lowest BCUT2D eigenvalue weighted by Crippen LogP contribution is -2.16. The average Bonchev–Trinajstić information content (AvgIpc) is 3.44. The molecule has 1 aromatic carbocycles. The number of amides is 1. The van der Waals surface area contributed by atoms with Crippen molar-refractivity contribution in [1.82, 2.24) is 9.78 Å². The van der Waals surface area contributed by atoms with E-state index in [-0.39, 0.29) is 11.9 Å². The molecule has 1 fully saturated rings. The van der Waals surface area contributed by atoms with Crippen LogP contribution in [0.25, 0.3) is 6.08 Å². The second-order valence-corrected chi connectivity index (χ2v) is 7.35. The van der Waals surface area contributed by atoms with Crippen LogP contribution in [0.1, 0.15) is 44.7 Å². The second kappa shape index (κ2) is 9.15. The van der Waals surface area contributed by atoms with Gasteiger partial charge >= 0.3 is 0 Å². The molecule has 1 saturated carbocycles. The highest BCUT2D eigenvalue weighted by molar-refractivity contribution is 6.32. The topological polar surface area (TPSA) is 65.4 Å². The normalized spacial score (nSPS) is 14.9. The Kier molecular flexibility index (Phi) is 6.62. The predicted molar refractivity (Wildman–Crippen MR) is 111 cm³/mol. The fourth-order valence-corrected chi connectivity index (χ4v) is 3.31. The molecule has 2 aromatic rings. The van der Waals surface area contributed by atoms with Crippen molar-refractivity contribution < 1.29 is 14.3 Å². The van der Waals surface area contributed by atoms with Gasteiger partial charge in [0.1, 0.15) is 5.82 Å². The Hall–Kier alpha value is -2.47. The lowest BCUT2D eigenvalue weighted by Gasteiger charge is -2.14. The van der Waals surface area contributed by atoms with Gasteiger partial charge in [-0.2, -0.15) is 5.10 Å². The fourth-order valence-electron chi connectivity index (χ4n) is 3.04. The first kappa shape index (κ1) is 20.3. The van der Waals surface area contributed by atoms with Gasteiger partial charge in [-0.05, 0) is 55.9 Å². The van der Waals surface area contributed by atoms with Gasteiger partial charge in [-0.3, -0.25) is 4.79 Å². The molecule has 0 spiro atoms. The Bertz CT molecular complexity index is 859. The van der Waals surface area contributed by atoms with E-state index < -0.39 is 0 Å². The molecule has 1 N–H and O–H groups in total. The summed E-state index contributed by atoms with van der Waals surface area (Å²) in [7, 11) is 1.56. The number of hydrogen-bond acceptors (Lipinski definition) is 4. The maximum Gasteiger partial charge on any atom is 0.249 e. The molecule has 6 nitrogen and oxygen atoms in total. The molecule has 1 unspecified atom stereocenters. The zero-order chi connectivity index (χ0) is 20.1. The summed E-state index contributed by atoms with van der Waals surface area (Å²) >= 11 is 6.32. The minimum atomic E-state index is -0.230. The van der Waals surface area contributed by atoms with Gasteiger partial charge in [-0.1, -0.05) is 18.5 Å². The minimum Gasteiger partial charge on any atom is -0.493 e. The number of methoxy groups -OCH3 is 1. The van der Waals surface area contributed by atoms with Crippen molar-refractivity contribution in [1.29, 1.82) is 0 Å². The number of nitrogens with one attached hydrogen (secondary N) is 1. The maximum absolute atomic E-state index is 12.4. The zero-order valence-corrected chi connectivity index (χ0v) is 17.2. The maximum atomic E-state index is 12.4. The van der Waals surface area contributed by atoms with Crippen molar-refractivity contribution >= 4 is 29.4 Å². The summed E-state index contributed by atoms with van der Waals surface area (Å²) in [5, 5.41) is 7.69. The third kappa shape index (κ3) is 4.87. The van der Waals surface area contributed by atoms with Gasteiger partial charge in [0.2, 0.25) is 5.91 Å². The van der Waals surface area contributed by atoms with E-state index in [0.29, 0.717) is 34.9 Å². The van der Waals surface area contributed by atoms with Gasteiger partial charge in [-0.15, -0.1) is 0 Å². The number of carbonyl (C=O) groups excluding carboxylic acids is 1. The SMILES string of the molecule is CCCOc1c(Cl)cc(/C=C/C(=O)Nc2ccnn2C(C)C2CC2)cc1OC. The van der Waals surface area contributed by atoms with Crippen LogP contribution >= 0.6 is 11.6 Å². The molecule has 1 atom stereocenters. The van der Waals surface area contributed by atoms with E-state index >= 15 is 0 Å². The number of nitrogens with zero attached hydrogens (tertiary/aromatic N) is 2. The van der Waals surface area contributed by atoms with E-state index in [1.165, 1.54) is 18.9 Å². The Morgan fingerprint density at radius 3 is 2.93 bits per heavy atom. The summed E-state index contributed by atoms with van der Waals surface area (Å²) in [5.74, 6) is 2.18. The molecular weight excluding hydrogens is 378 g/mol. The zero-order valence-electron chi connectivity index (χ0n) is 16.4. The van der Waals surface area contributed by atoms with Crippen LogP contribution in [0, 0.1) is 5.92 Å². The summed E-state index contributed by atoms with van der Waals surface area (Å²) in [4.78, 5) is 12.4. The van der Waals surface area contributed by atoms with Gasteiger partial charge in [0.15, 0.2) is 11.5 Å². The second-order valence-electron chi connectivity index (χ2n) is 6.94. The van der Waals surface area contributed by atoms with Crippen molar-refractivity contribution in [3.63, 3.8) is 0 Å². The van der Waals surface area contributed by atoms with Crippen molar-refractivity contribution in [2.24, 2.45) is 5.92 Å². The molecule has 3 rings (SSSR count). The molecule has 1 aliphatic carbocycles. The number of aromatic nitrogens is 2. The lowest BCUT2D eigenvalue weighted by atomic mass is 10.2. The van der Waals surface area contributed by atoms with E-state index in [4.69, 9.17) is 21.1 Å². The first-order valence-electron chi connectivity index (χ1n) is 9.56. The predicted octanol–water partition coefficient (Wildman–Crippen LogP) is 4.96. The Labute approximate surface area is 170 Å². The van der Waals surface area contributed by atoms with Gasteiger partial charge in [-0.25, -0.2) is 4.68 Å². The van der Waals surface area contributed by atoms with Crippen LogP contribution in [0.3, 0.4) is 0 Å². The summed E-state index contributed by atoms with van der Waals surface area (Å²) in [6.07, 6.45) is 8.17. The van der Waals surface area contributed by atoms with E-state index in [2.05, 4.69) is 17.3 Å². The van der Waals surface area contributed by atoms with Gasteiger partial charge < -0.3 is 14.8 Å². The van der Waals surface area contributed by atoms with Crippen LogP contribution in [-0.2, 0) is 4.79 Å². The van der Waals surface area contributed by atoms with E-state index in [0.717, 1.165) is 12.0 Å². The molecule has 0 saturated heterocycles. The molecule has 150 valence electrons. The van der Waals surface area contributed by atoms with E-state index in [1.807, 2.05) is 17.7 Å². The van der Waals surface area contributed by atoms with E-state index in [9.17, 15) is 4.79 Å². The van der Waals surface area contributed by atoms with Crippen molar-refractivity contribution in [2.75, 3.05) is 19.0 Å². The third-order valence-electron chi connectivity index (χ3n) is 4.74. The summed E-state index contributed by atoms with van der Waals surface area (Å²) in [6.45, 7) is 4.71. The highest BCUT2D eigenvalue weighted by atomic mass is 35.5. The summed E-state index contributed by atoms with van der Waals surface area (Å²) < 4.78 is 12.9.